The molecule has 0 unspecified atom stereocenters. The number of aromatic amines is 1. The van der Waals surface area contributed by atoms with Crippen LogP contribution >= 0.6 is 0 Å². The summed E-state index contributed by atoms with van der Waals surface area (Å²) in [6.45, 7) is 0.470. The maximum Gasteiger partial charge on any atom is 0.251 e. The number of carbonyl (C=O) groups excluding carboxylic acids is 2. The second-order valence-electron chi connectivity index (χ2n) is 5.73. The van der Waals surface area contributed by atoms with Crippen molar-refractivity contribution in [2.45, 2.75) is 12.8 Å². The predicted octanol–water partition coefficient (Wildman–Crippen LogP) is 2.49. The Morgan fingerprint density at radius 3 is 2.60 bits per heavy atom. The molecule has 1 heterocycles. The van der Waals surface area contributed by atoms with E-state index in [2.05, 4.69) is 20.8 Å². The number of carbonyl (C=O) groups is 2. The van der Waals surface area contributed by atoms with E-state index in [1.165, 1.54) is 0 Å². The summed E-state index contributed by atoms with van der Waals surface area (Å²) >= 11 is 0. The Balaban J connectivity index is 1.64. The lowest BCUT2D eigenvalue weighted by Crippen LogP contribution is -2.26. The Morgan fingerprint density at radius 2 is 1.84 bits per heavy atom. The zero-order valence-electron chi connectivity index (χ0n) is 14.0. The summed E-state index contributed by atoms with van der Waals surface area (Å²) in [4.78, 5) is 23.3. The van der Waals surface area contributed by atoms with Crippen LogP contribution in [0.1, 0.15) is 23.2 Å². The summed E-state index contributed by atoms with van der Waals surface area (Å²) in [5.74, 6) is -0.167. The number of rotatable bonds is 6. The van der Waals surface area contributed by atoms with Crippen LogP contribution in [0.3, 0.4) is 0 Å². The van der Waals surface area contributed by atoms with Gasteiger partial charge < -0.3 is 10.6 Å². The number of H-pyrrole nitrogens is 1. The van der Waals surface area contributed by atoms with Crippen LogP contribution < -0.4 is 10.6 Å². The summed E-state index contributed by atoms with van der Waals surface area (Å²) in [7, 11) is 1.60. The highest BCUT2D eigenvalue weighted by atomic mass is 16.2. The quantitative estimate of drug-likeness (QED) is 0.604. The van der Waals surface area contributed by atoms with E-state index < -0.39 is 0 Å². The minimum Gasteiger partial charge on any atom is -0.359 e. The molecule has 3 aromatic rings. The molecule has 0 spiro atoms. The van der Waals surface area contributed by atoms with Crippen molar-refractivity contribution in [2.75, 3.05) is 13.6 Å². The molecule has 0 fully saturated rings. The topological polar surface area (TPSA) is 86.9 Å². The summed E-state index contributed by atoms with van der Waals surface area (Å²) in [6.07, 6.45) is 1.02. The molecule has 0 bridgehead atoms. The first-order valence-electron chi connectivity index (χ1n) is 8.21. The fourth-order valence-electron chi connectivity index (χ4n) is 2.64. The van der Waals surface area contributed by atoms with Gasteiger partial charge in [-0.2, -0.15) is 5.10 Å². The molecule has 6 nitrogen and oxygen atoms in total. The molecule has 0 aliphatic heterocycles. The number of amides is 2. The van der Waals surface area contributed by atoms with Crippen LogP contribution in [-0.4, -0.2) is 35.6 Å². The maximum absolute atomic E-state index is 12.1. The molecule has 3 N–H and O–H groups in total. The van der Waals surface area contributed by atoms with Crippen molar-refractivity contribution < 1.29 is 9.59 Å². The molecule has 0 aliphatic carbocycles. The van der Waals surface area contributed by atoms with Gasteiger partial charge in [0.1, 0.15) is 0 Å². The number of fused-ring (bicyclic) bond motifs is 1. The van der Waals surface area contributed by atoms with Crippen molar-refractivity contribution in [1.82, 2.24) is 20.8 Å². The van der Waals surface area contributed by atoms with Gasteiger partial charge in [-0.15, -0.1) is 0 Å². The Morgan fingerprint density at radius 1 is 1.08 bits per heavy atom. The van der Waals surface area contributed by atoms with E-state index in [4.69, 9.17) is 0 Å². The third-order valence-corrected chi connectivity index (χ3v) is 4.04. The van der Waals surface area contributed by atoms with E-state index >= 15 is 0 Å². The van der Waals surface area contributed by atoms with E-state index in [-0.39, 0.29) is 11.8 Å². The Hall–Kier alpha value is -3.15. The van der Waals surface area contributed by atoms with Gasteiger partial charge in [0.2, 0.25) is 5.91 Å². The first-order chi connectivity index (χ1) is 12.2. The highest BCUT2D eigenvalue weighted by Crippen LogP contribution is 2.26. The van der Waals surface area contributed by atoms with Gasteiger partial charge in [-0.25, -0.2) is 0 Å². The molecular weight excluding hydrogens is 316 g/mol. The second-order valence-corrected chi connectivity index (χ2v) is 5.73. The predicted molar refractivity (Wildman–Crippen MR) is 97.2 cm³/mol. The number of benzene rings is 2. The number of nitrogens with zero attached hydrogens (tertiary/aromatic N) is 1. The lowest BCUT2D eigenvalue weighted by atomic mass is 10.1. The van der Waals surface area contributed by atoms with Gasteiger partial charge in [0, 0.05) is 36.5 Å². The molecule has 6 heteroatoms. The van der Waals surface area contributed by atoms with Gasteiger partial charge in [0.15, 0.2) is 0 Å². The molecule has 0 radical (unpaired) electrons. The SMILES string of the molecule is CNC(=O)CCCNC(=O)c1ccc(-c2n[nH]c3ccccc23)cc1. The van der Waals surface area contributed by atoms with E-state index in [1.807, 2.05) is 36.4 Å². The van der Waals surface area contributed by atoms with Crippen molar-refractivity contribution >= 4 is 22.7 Å². The van der Waals surface area contributed by atoms with Gasteiger partial charge >= 0.3 is 0 Å². The summed E-state index contributed by atoms with van der Waals surface area (Å²) in [5.41, 5.74) is 3.39. The normalized spacial score (nSPS) is 10.6. The monoisotopic (exact) mass is 336 g/mol. The standard InChI is InChI=1S/C19H20N4O2/c1-20-17(24)7-4-12-21-19(25)14-10-8-13(9-11-14)18-15-5-2-3-6-16(15)22-23-18/h2-3,5-6,8-11H,4,7,12H2,1H3,(H,20,24)(H,21,25)(H,22,23). The van der Waals surface area contributed by atoms with Gasteiger partial charge in [-0.05, 0) is 24.6 Å². The molecule has 0 saturated heterocycles. The number of hydrogen-bond acceptors (Lipinski definition) is 3. The molecule has 0 saturated carbocycles. The van der Waals surface area contributed by atoms with Crippen molar-refractivity contribution in [3.8, 4) is 11.3 Å². The van der Waals surface area contributed by atoms with E-state index in [1.54, 1.807) is 19.2 Å². The third kappa shape index (κ3) is 3.85. The average Bonchev–Trinajstić information content (AvgIpc) is 3.09. The van der Waals surface area contributed by atoms with Crippen molar-refractivity contribution in [2.24, 2.45) is 0 Å². The lowest BCUT2D eigenvalue weighted by molar-refractivity contribution is -0.120. The largest absolute Gasteiger partial charge is 0.359 e. The molecule has 0 atom stereocenters. The number of hydrogen-bond donors (Lipinski definition) is 3. The highest BCUT2D eigenvalue weighted by molar-refractivity contribution is 5.96. The van der Waals surface area contributed by atoms with Crippen LogP contribution in [0.4, 0.5) is 0 Å². The van der Waals surface area contributed by atoms with Crippen LogP contribution in [0.2, 0.25) is 0 Å². The third-order valence-electron chi connectivity index (χ3n) is 4.04. The molecule has 1 aromatic heterocycles. The lowest BCUT2D eigenvalue weighted by Gasteiger charge is -2.06. The number of para-hydroxylation sites is 1. The maximum atomic E-state index is 12.1. The van der Waals surface area contributed by atoms with E-state index in [0.29, 0.717) is 24.9 Å². The van der Waals surface area contributed by atoms with Gasteiger partial charge in [0.25, 0.3) is 5.91 Å². The smallest absolute Gasteiger partial charge is 0.251 e. The molecule has 128 valence electrons. The molecule has 0 aliphatic rings. The average molecular weight is 336 g/mol. The first-order valence-corrected chi connectivity index (χ1v) is 8.21. The van der Waals surface area contributed by atoms with E-state index in [9.17, 15) is 9.59 Å². The Labute approximate surface area is 145 Å². The molecule has 3 rings (SSSR count). The second kappa shape index (κ2) is 7.61. The number of aromatic nitrogens is 2. The fraction of sp³-hybridized carbons (Fsp3) is 0.211. The van der Waals surface area contributed by atoms with Gasteiger partial charge in [-0.3, -0.25) is 14.7 Å². The van der Waals surface area contributed by atoms with E-state index in [0.717, 1.165) is 22.2 Å². The van der Waals surface area contributed by atoms with Gasteiger partial charge in [-0.1, -0.05) is 30.3 Å². The minimum atomic E-state index is -0.143. The summed E-state index contributed by atoms with van der Waals surface area (Å²) in [5, 5.41) is 13.8. The van der Waals surface area contributed by atoms with Crippen LogP contribution in [0.15, 0.2) is 48.5 Å². The number of nitrogens with one attached hydrogen (secondary N) is 3. The highest BCUT2D eigenvalue weighted by Gasteiger charge is 2.09. The summed E-state index contributed by atoms with van der Waals surface area (Å²) < 4.78 is 0. The molecular formula is C19H20N4O2. The van der Waals surface area contributed by atoms with Crippen LogP contribution in [0.5, 0.6) is 0 Å². The van der Waals surface area contributed by atoms with Crippen molar-refractivity contribution in [3.63, 3.8) is 0 Å². The minimum absolute atomic E-state index is 0.0233. The Kier molecular flexibility index (Phi) is 5.09. The van der Waals surface area contributed by atoms with Gasteiger partial charge in [0.05, 0.1) is 11.2 Å². The fourth-order valence-corrected chi connectivity index (χ4v) is 2.64. The first kappa shape index (κ1) is 16.7. The molecule has 2 aromatic carbocycles. The van der Waals surface area contributed by atoms with Crippen molar-refractivity contribution in [3.05, 3.63) is 54.1 Å². The Bertz CT molecular complexity index is 884. The zero-order valence-corrected chi connectivity index (χ0v) is 14.0. The van der Waals surface area contributed by atoms with Crippen LogP contribution in [-0.2, 0) is 4.79 Å². The zero-order chi connectivity index (χ0) is 17.6. The molecule has 25 heavy (non-hydrogen) atoms. The summed E-state index contributed by atoms with van der Waals surface area (Å²) in [6, 6.07) is 15.3. The molecule has 2 amide bonds. The van der Waals surface area contributed by atoms with Crippen LogP contribution in [0, 0.1) is 0 Å². The van der Waals surface area contributed by atoms with Crippen LogP contribution in [0.25, 0.3) is 22.2 Å². The van der Waals surface area contributed by atoms with Crippen molar-refractivity contribution in [1.29, 1.82) is 0 Å².